The zero-order valence-corrected chi connectivity index (χ0v) is 21.4. The molecule has 10 heteroatoms. The predicted octanol–water partition coefficient (Wildman–Crippen LogP) is 5.23. The van der Waals surface area contributed by atoms with Gasteiger partial charge >= 0.3 is 5.97 Å². The Labute approximate surface area is 207 Å². The van der Waals surface area contributed by atoms with E-state index in [9.17, 15) is 9.59 Å². The van der Waals surface area contributed by atoms with E-state index in [1.165, 1.54) is 11.3 Å². The van der Waals surface area contributed by atoms with E-state index in [4.69, 9.17) is 13.9 Å². The molecule has 182 valence electrons. The van der Waals surface area contributed by atoms with Gasteiger partial charge in [0.2, 0.25) is 11.8 Å². The van der Waals surface area contributed by atoms with Crippen LogP contribution in [0.1, 0.15) is 51.3 Å². The molecule has 1 amide bonds. The predicted molar refractivity (Wildman–Crippen MR) is 132 cm³/mol. The van der Waals surface area contributed by atoms with Crippen molar-refractivity contribution in [1.82, 2.24) is 9.97 Å². The van der Waals surface area contributed by atoms with Crippen molar-refractivity contribution in [1.29, 1.82) is 0 Å². The summed E-state index contributed by atoms with van der Waals surface area (Å²) in [5.41, 5.74) is 0.773. The molecule has 1 N–H and O–H groups in total. The average Bonchev–Trinajstić information content (AvgIpc) is 3.43. The Bertz CT molecular complexity index is 1090. The second-order valence-corrected chi connectivity index (χ2v) is 10.7. The van der Waals surface area contributed by atoms with Crippen LogP contribution in [0.5, 0.6) is 5.75 Å². The zero-order valence-electron chi connectivity index (χ0n) is 19.8. The fourth-order valence-corrected chi connectivity index (χ4v) is 4.52. The Hall–Kier alpha value is -2.85. The summed E-state index contributed by atoms with van der Waals surface area (Å²) in [6, 6.07) is 7.20. The number of hydrogen-bond donors (Lipinski definition) is 1. The molecular weight excluding hydrogens is 474 g/mol. The van der Waals surface area contributed by atoms with Gasteiger partial charge in [0.25, 0.3) is 0 Å². The number of amides is 1. The number of ether oxygens (including phenoxy) is 2. The number of benzene rings is 1. The van der Waals surface area contributed by atoms with Crippen LogP contribution in [0.15, 0.2) is 45.3 Å². The number of thiazole rings is 1. The van der Waals surface area contributed by atoms with E-state index < -0.39 is 0 Å². The first kappa shape index (κ1) is 25.8. The van der Waals surface area contributed by atoms with Crippen molar-refractivity contribution in [2.75, 3.05) is 18.5 Å². The fraction of sp³-hybridized carbons (Fsp3) is 0.417. The molecule has 0 radical (unpaired) electrons. The Kier molecular flexibility index (Phi) is 9.12. The number of oxazole rings is 1. The van der Waals surface area contributed by atoms with Gasteiger partial charge in [0.15, 0.2) is 5.13 Å². The first-order valence-electron chi connectivity index (χ1n) is 10.9. The Balaban J connectivity index is 1.42. The minimum atomic E-state index is -0.285. The average molecular weight is 504 g/mol. The first-order valence-corrected chi connectivity index (χ1v) is 12.7. The zero-order chi connectivity index (χ0) is 24.6. The highest BCUT2D eigenvalue weighted by atomic mass is 32.2. The van der Waals surface area contributed by atoms with Gasteiger partial charge in [-0.25, -0.2) is 9.97 Å². The molecule has 0 spiro atoms. The standard InChI is InChI=1S/C24H29N3O5S2/c1-5-30-21(29)10-11-31-17-8-6-16(7-9-17)12-19(28)27-23-26-14-22(34-23)33-15-20-25-13-18(32-20)24(2,3)4/h6-9,13-14H,5,10-12,15H2,1-4H3,(H,26,27,28). The molecular formula is C24H29N3O5S2. The smallest absolute Gasteiger partial charge is 0.309 e. The van der Waals surface area contributed by atoms with E-state index in [0.717, 1.165) is 15.5 Å². The lowest BCUT2D eigenvalue weighted by Gasteiger charge is -2.12. The summed E-state index contributed by atoms with van der Waals surface area (Å²) in [6.07, 6.45) is 3.93. The Morgan fingerprint density at radius 3 is 2.59 bits per heavy atom. The number of anilines is 1. The van der Waals surface area contributed by atoms with E-state index in [0.29, 0.717) is 29.1 Å². The summed E-state index contributed by atoms with van der Waals surface area (Å²) in [5, 5.41) is 3.39. The molecule has 0 atom stereocenters. The van der Waals surface area contributed by atoms with Crippen LogP contribution >= 0.6 is 23.1 Å². The van der Waals surface area contributed by atoms with Gasteiger partial charge in [-0.15, -0.1) is 11.8 Å². The molecule has 1 aromatic carbocycles. The lowest BCUT2D eigenvalue weighted by Crippen LogP contribution is -2.14. The highest BCUT2D eigenvalue weighted by molar-refractivity contribution is 8.00. The number of rotatable bonds is 11. The van der Waals surface area contributed by atoms with Gasteiger partial charge in [-0.2, -0.15) is 0 Å². The minimum Gasteiger partial charge on any atom is -0.493 e. The van der Waals surface area contributed by atoms with Crippen LogP contribution < -0.4 is 10.1 Å². The SMILES string of the molecule is CCOC(=O)CCOc1ccc(CC(=O)Nc2ncc(SCc3ncc(C(C)(C)C)o3)s2)cc1. The number of carbonyl (C=O) groups is 2. The molecule has 0 unspecified atom stereocenters. The molecule has 34 heavy (non-hydrogen) atoms. The van der Waals surface area contributed by atoms with Crippen molar-refractivity contribution >= 4 is 40.1 Å². The first-order chi connectivity index (χ1) is 16.2. The van der Waals surface area contributed by atoms with E-state index >= 15 is 0 Å². The summed E-state index contributed by atoms with van der Waals surface area (Å²) in [6.45, 7) is 8.62. The second kappa shape index (κ2) is 12.0. The third kappa shape index (κ3) is 8.18. The summed E-state index contributed by atoms with van der Waals surface area (Å²) in [5.74, 6) is 2.32. The Morgan fingerprint density at radius 1 is 1.15 bits per heavy atom. The number of hydrogen-bond acceptors (Lipinski definition) is 9. The van der Waals surface area contributed by atoms with Crippen LogP contribution in [0.25, 0.3) is 0 Å². The molecule has 0 aliphatic rings. The highest BCUT2D eigenvalue weighted by Gasteiger charge is 2.19. The van der Waals surface area contributed by atoms with Crippen molar-refractivity contribution in [2.24, 2.45) is 0 Å². The van der Waals surface area contributed by atoms with Crippen molar-refractivity contribution in [3.63, 3.8) is 0 Å². The molecule has 0 saturated carbocycles. The lowest BCUT2D eigenvalue weighted by molar-refractivity contribution is -0.143. The molecule has 8 nitrogen and oxygen atoms in total. The Morgan fingerprint density at radius 2 is 1.91 bits per heavy atom. The summed E-state index contributed by atoms with van der Waals surface area (Å²) in [7, 11) is 0. The lowest BCUT2D eigenvalue weighted by atomic mass is 9.94. The quantitative estimate of drug-likeness (QED) is 0.280. The van der Waals surface area contributed by atoms with E-state index in [2.05, 4.69) is 36.1 Å². The van der Waals surface area contributed by atoms with Crippen LogP contribution in [-0.2, 0) is 31.9 Å². The number of nitrogens with zero attached hydrogens (tertiary/aromatic N) is 2. The molecule has 0 aliphatic carbocycles. The van der Waals surface area contributed by atoms with Crippen molar-refractivity contribution in [2.45, 2.75) is 55.9 Å². The summed E-state index contributed by atoms with van der Waals surface area (Å²) >= 11 is 2.98. The number of thioether (sulfide) groups is 1. The van der Waals surface area contributed by atoms with Gasteiger partial charge in [-0.1, -0.05) is 44.2 Å². The second-order valence-electron chi connectivity index (χ2n) is 8.41. The maximum Gasteiger partial charge on any atom is 0.309 e. The van der Waals surface area contributed by atoms with Crippen LogP contribution in [0, 0.1) is 0 Å². The van der Waals surface area contributed by atoms with Gasteiger partial charge in [0.05, 0.1) is 48.4 Å². The molecule has 3 rings (SSSR count). The maximum atomic E-state index is 12.4. The van der Waals surface area contributed by atoms with Crippen LogP contribution in [-0.4, -0.2) is 35.1 Å². The van der Waals surface area contributed by atoms with Gasteiger partial charge in [-0.05, 0) is 24.6 Å². The number of esters is 1. The van der Waals surface area contributed by atoms with E-state index in [1.54, 1.807) is 43.2 Å². The van der Waals surface area contributed by atoms with Gasteiger partial charge in [-0.3, -0.25) is 9.59 Å². The van der Waals surface area contributed by atoms with Gasteiger partial charge in [0.1, 0.15) is 11.5 Å². The molecule has 0 bridgehead atoms. The van der Waals surface area contributed by atoms with Gasteiger partial charge in [0, 0.05) is 5.41 Å². The summed E-state index contributed by atoms with van der Waals surface area (Å²) < 4.78 is 17.2. The minimum absolute atomic E-state index is 0.0741. The highest BCUT2D eigenvalue weighted by Crippen LogP contribution is 2.31. The van der Waals surface area contributed by atoms with Gasteiger partial charge < -0.3 is 19.2 Å². The molecule has 0 aliphatic heterocycles. The summed E-state index contributed by atoms with van der Waals surface area (Å²) in [4.78, 5) is 32.4. The number of aromatic nitrogens is 2. The van der Waals surface area contributed by atoms with Crippen LogP contribution in [0.4, 0.5) is 5.13 Å². The van der Waals surface area contributed by atoms with Crippen LogP contribution in [0.3, 0.4) is 0 Å². The van der Waals surface area contributed by atoms with Crippen molar-refractivity contribution < 1.29 is 23.5 Å². The number of nitrogens with one attached hydrogen (secondary N) is 1. The van der Waals surface area contributed by atoms with Crippen molar-refractivity contribution in [3.05, 3.63) is 53.9 Å². The normalized spacial score (nSPS) is 11.3. The monoisotopic (exact) mass is 503 g/mol. The fourth-order valence-electron chi connectivity index (χ4n) is 2.78. The number of carbonyl (C=O) groups excluding carboxylic acids is 2. The largest absolute Gasteiger partial charge is 0.493 e. The third-order valence-electron chi connectivity index (χ3n) is 4.53. The van der Waals surface area contributed by atoms with E-state index in [1.807, 2.05) is 12.1 Å². The van der Waals surface area contributed by atoms with Crippen molar-refractivity contribution in [3.8, 4) is 5.75 Å². The molecule has 0 saturated heterocycles. The van der Waals surface area contributed by atoms with E-state index in [-0.39, 0.29) is 36.7 Å². The maximum absolute atomic E-state index is 12.4. The molecule has 2 heterocycles. The van der Waals surface area contributed by atoms with Crippen LogP contribution in [0.2, 0.25) is 0 Å². The molecule has 2 aromatic heterocycles. The molecule has 3 aromatic rings. The molecule has 0 fully saturated rings. The topological polar surface area (TPSA) is 104 Å². The third-order valence-corrected chi connectivity index (χ3v) is 6.62.